The van der Waals surface area contributed by atoms with Crippen LogP contribution in [0.2, 0.25) is 0 Å². The average molecular weight is 679 g/mol. The van der Waals surface area contributed by atoms with Crippen LogP contribution in [0.5, 0.6) is 0 Å². The molecule has 2 nitrogen and oxygen atoms in total. The third kappa shape index (κ3) is 5.26. The molecule has 0 fully saturated rings. The molecular formula is C51H38N2. The molecule has 0 aliphatic rings. The van der Waals surface area contributed by atoms with Crippen LogP contribution < -0.4 is 0 Å². The molecule has 8 aromatic carbocycles. The fraction of sp³-hybridized carbons (Fsp3) is 0.0588. The van der Waals surface area contributed by atoms with Gasteiger partial charge in [0.15, 0.2) is 0 Å². The molecule has 0 N–H and O–H groups in total. The molecule has 252 valence electrons. The van der Waals surface area contributed by atoms with Gasteiger partial charge in [-0.3, -0.25) is 0 Å². The van der Waals surface area contributed by atoms with E-state index in [1.54, 1.807) is 0 Å². The third-order valence-corrected chi connectivity index (χ3v) is 10.8. The van der Waals surface area contributed by atoms with Crippen molar-refractivity contribution in [3.05, 3.63) is 194 Å². The van der Waals surface area contributed by atoms with Crippen molar-refractivity contribution in [1.29, 1.82) is 0 Å². The number of nitrogens with zero attached hydrogens (tertiary/aromatic N) is 2. The van der Waals surface area contributed by atoms with Gasteiger partial charge in [0, 0.05) is 32.8 Å². The quantitative estimate of drug-likeness (QED) is 0.159. The van der Waals surface area contributed by atoms with E-state index in [1.165, 1.54) is 88.2 Å². The first kappa shape index (κ1) is 31.1. The van der Waals surface area contributed by atoms with Crippen LogP contribution in [0.3, 0.4) is 0 Å². The Balaban J connectivity index is 1.12. The highest BCUT2D eigenvalue weighted by molar-refractivity contribution is 6.13. The van der Waals surface area contributed by atoms with Gasteiger partial charge in [0.2, 0.25) is 0 Å². The molecule has 2 heteroatoms. The largest absolute Gasteiger partial charge is 0.309 e. The monoisotopic (exact) mass is 678 g/mol. The van der Waals surface area contributed by atoms with E-state index < -0.39 is 0 Å². The van der Waals surface area contributed by atoms with Crippen LogP contribution in [-0.4, -0.2) is 9.13 Å². The van der Waals surface area contributed by atoms with Crippen molar-refractivity contribution in [3.8, 4) is 44.8 Å². The van der Waals surface area contributed by atoms with Crippen molar-refractivity contribution in [2.24, 2.45) is 0 Å². The summed E-state index contributed by atoms with van der Waals surface area (Å²) in [4.78, 5) is 0. The van der Waals surface area contributed by atoms with Crippen molar-refractivity contribution in [3.63, 3.8) is 0 Å². The molecule has 0 aliphatic heterocycles. The Morgan fingerprint density at radius 1 is 0.358 bits per heavy atom. The van der Waals surface area contributed by atoms with Crippen LogP contribution in [0.4, 0.5) is 0 Å². The normalized spacial score (nSPS) is 11.6. The minimum atomic E-state index is 1.09. The molecule has 10 aromatic rings. The smallest absolute Gasteiger partial charge is 0.0541 e. The first-order valence-corrected chi connectivity index (χ1v) is 18.7. The lowest BCUT2D eigenvalue weighted by molar-refractivity contribution is 0.922. The van der Waals surface area contributed by atoms with Crippen LogP contribution >= 0.6 is 0 Å². The second kappa shape index (κ2) is 12.8. The number of hydrogen-bond donors (Lipinski definition) is 0. The van der Waals surface area contributed by atoms with Gasteiger partial charge < -0.3 is 9.13 Å². The van der Waals surface area contributed by atoms with Crippen LogP contribution in [-0.2, 0) is 6.42 Å². The highest BCUT2D eigenvalue weighted by Gasteiger charge is 2.18. The van der Waals surface area contributed by atoms with E-state index in [0.29, 0.717) is 0 Å². The van der Waals surface area contributed by atoms with E-state index in [1.807, 2.05) is 0 Å². The minimum Gasteiger partial charge on any atom is -0.309 e. The van der Waals surface area contributed by atoms with E-state index in [2.05, 4.69) is 204 Å². The molecule has 0 atom stereocenters. The molecule has 0 radical (unpaired) electrons. The number of aromatic nitrogens is 2. The van der Waals surface area contributed by atoms with Crippen molar-refractivity contribution in [1.82, 2.24) is 9.13 Å². The second-order valence-corrected chi connectivity index (χ2v) is 14.1. The summed E-state index contributed by atoms with van der Waals surface area (Å²) < 4.78 is 4.86. The number of hydrogen-bond acceptors (Lipinski definition) is 0. The number of para-hydroxylation sites is 3. The number of aryl methyl sites for hydroxylation is 1. The zero-order valence-electron chi connectivity index (χ0n) is 29.7. The Kier molecular flexibility index (Phi) is 7.54. The maximum absolute atomic E-state index is 2.46. The van der Waals surface area contributed by atoms with E-state index in [-0.39, 0.29) is 0 Å². The summed E-state index contributed by atoms with van der Waals surface area (Å²) in [6, 6.07) is 69.0. The molecule has 10 rings (SSSR count). The molecule has 0 saturated heterocycles. The van der Waals surface area contributed by atoms with Crippen molar-refractivity contribution in [2.45, 2.75) is 19.8 Å². The topological polar surface area (TPSA) is 9.86 Å². The maximum Gasteiger partial charge on any atom is 0.0541 e. The van der Waals surface area contributed by atoms with Crippen molar-refractivity contribution >= 4 is 43.6 Å². The molecular weight excluding hydrogens is 641 g/mol. The summed E-state index contributed by atoms with van der Waals surface area (Å²) in [5.74, 6) is 0. The molecule has 0 saturated carbocycles. The van der Waals surface area contributed by atoms with E-state index in [0.717, 1.165) is 18.5 Å². The molecule has 0 bridgehead atoms. The molecule has 0 unspecified atom stereocenters. The Labute approximate surface area is 309 Å². The predicted molar refractivity (Wildman–Crippen MR) is 225 cm³/mol. The van der Waals surface area contributed by atoms with Crippen molar-refractivity contribution < 1.29 is 0 Å². The predicted octanol–water partition coefficient (Wildman–Crippen LogP) is 13.8. The van der Waals surface area contributed by atoms with Gasteiger partial charge in [-0.2, -0.15) is 0 Å². The van der Waals surface area contributed by atoms with Gasteiger partial charge in [-0.15, -0.1) is 0 Å². The summed E-state index contributed by atoms with van der Waals surface area (Å²) in [6.07, 6.45) is 2.22. The van der Waals surface area contributed by atoms with Gasteiger partial charge in [-0.25, -0.2) is 0 Å². The highest BCUT2D eigenvalue weighted by atomic mass is 15.0. The summed E-state index contributed by atoms with van der Waals surface area (Å²) in [7, 11) is 0. The van der Waals surface area contributed by atoms with Gasteiger partial charge >= 0.3 is 0 Å². The van der Waals surface area contributed by atoms with Crippen LogP contribution in [0.15, 0.2) is 188 Å². The average Bonchev–Trinajstić information content (AvgIpc) is 3.73. The van der Waals surface area contributed by atoms with Crippen LogP contribution in [0.25, 0.3) is 88.4 Å². The summed E-state index contributed by atoms with van der Waals surface area (Å²) in [5.41, 5.74) is 16.0. The maximum atomic E-state index is 2.46. The van der Waals surface area contributed by atoms with Gasteiger partial charge in [0.05, 0.1) is 27.8 Å². The molecule has 0 amide bonds. The summed E-state index contributed by atoms with van der Waals surface area (Å²) in [5, 5.41) is 5.03. The standard InChI is InChI=1S/C51H38N2/c1-2-14-35-15-12-19-40(31-35)42-21-6-9-24-47(42)53-49-26-11-8-23-44(49)46-34-39(28-30-51(46)53)38-27-29-50-45(33-38)43-22-7-10-25-48(43)52(50)41-20-13-18-37(32-41)36-16-4-3-5-17-36/h3-13,15-34H,2,14H2,1H3. The Morgan fingerprint density at radius 3 is 1.64 bits per heavy atom. The highest BCUT2D eigenvalue weighted by Crippen LogP contribution is 2.40. The van der Waals surface area contributed by atoms with Gasteiger partial charge in [-0.1, -0.05) is 147 Å². The van der Waals surface area contributed by atoms with Crippen LogP contribution in [0, 0.1) is 0 Å². The number of rotatable bonds is 7. The van der Waals surface area contributed by atoms with E-state index in [9.17, 15) is 0 Å². The zero-order chi connectivity index (χ0) is 35.3. The SMILES string of the molecule is CCCc1cccc(-c2ccccc2-n2c3ccccc3c3cc(-c4ccc5c(c4)c4ccccc4n5-c4cccc(-c5ccccc5)c4)ccc32)c1. The first-order chi connectivity index (χ1) is 26.2. The van der Waals surface area contributed by atoms with E-state index in [4.69, 9.17) is 0 Å². The Morgan fingerprint density at radius 2 is 0.906 bits per heavy atom. The molecule has 0 aliphatic carbocycles. The Bertz CT molecular complexity index is 2960. The molecule has 2 aromatic heterocycles. The lowest BCUT2D eigenvalue weighted by Crippen LogP contribution is -1.97. The van der Waals surface area contributed by atoms with Crippen molar-refractivity contribution in [2.75, 3.05) is 0 Å². The zero-order valence-corrected chi connectivity index (χ0v) is 29.7. The summed E-state index contributed by atoms with van der Waals surface area (Å²) in [6.45, 7) is 2.25. The third-order valence-electron chi connectivity index (χ3n) is 10.8. The Hall–Kier alpha value is -6.64. The van der Waals surface area contributed by atoms with E-state index >= 15 is 0 Å². The van der Waals surface area contributed by atoms with Gasteiger partial charge in [0.1, 0.15) is 0 Å². The molecule has 53 heavy (non-hydrogen) atoms. The van der Waals surface area contributed by atoms with Gasteiger partial charge in [0.25, 0.3) is 0 Å². The fourth-order valence-corrected chi connectivity index (χ4v) is 8.39. The fourth-order valence-electron chi connectivity index (χ4n) is 8.39. The molecule has 0 spiro atoms. The first-order valence-electron chi connectivity index (χ1n) is 18.7. The minimum absolute atomic E-state index is 1.09. The summed E-state index contributed by atoms with van der Waals surface area (Å²) >= 11 is 0. The number of benzene rings is 8. The van der Waals surface area contributed by atoms with Gasteiger partial charge in [-0.05, 0) is 94.4 Å². The lowest BCUT2D eigenvalue weighted by Gasteiger charge is -2.15. The number of fused-ring (bicyclic) bond motifs is 6. The molecule has 2 heterocycles. The van der Waals surface area contributed by atoms with Crippen LogP contribution in [0.1, 0.15) is 18.9 Å². The lowest BCUT2D eigenvalue weighted by atomic mass is 9.99. The second-order valence-electron chi connectivity index (χ2n) is 14.1.